The van der Waals surface area contributed by atoms with Gasteiger partial charge in [-0.1, -0.05) is 11.8 Å². The Bertz CT molecular complexity index is 442. The lowest BCUT2D eigenvalue weighted by molar-refractivity contribution is 0.112. The van der Waals surface area contributed by atoms with Crippen LogP contribution in [0.3, 0.4) is 0 Å². The molecule has 1 aliphatic carbocycles. The Morgan fingerprint density at radius 1 is 1.39 bits per heavy atom. The zero-order valence-electron chi connectivity index (χ0n) is 10.6. The van der Waals surface area contributed by atoms with Crippen LogP contribution < -0.4 is 0 Å². The van der Waals surface area contributed by atoms with E-state index in [1.807, 2.05) is 11.9 Å². The predicted molar refractivity (Wildman–Crippen MR) is 69.5 cm³/mol. The molecule has 0 aromatic heterocycles. The fraction of sp³-hybridized carbons (Fsp3) is 0.467. The summed E-state index contributed by atoms with van der Waals surface area (Å²) in [5.74, 6) is 6.26. The Morgan fingerprint density at radius 2 is 2.06 bits per heavy atom. The molecule has 1 aromatic carbocycles. The van der Waals surface area contributed by atoms with E-state index in [4.69, 9.17) is 0 Å². The van der Waals surface area contributed by atoms with Gasteiger partial charge in [0.2, 0.25) is 0 Å². The molecular formula is C15H18FNO. The minimum absolute atomic E-state index is 0.220. The van der Waals surface area contributed by atoms with Crippen molar-refractivity contribution in [3.05, 3.63) is 35.6 Å². The van der Waals surface area contributed by atoms with E-state index < -0.39 is 0 Å². The maximum Gasteiger partial charge on any atom is 0.123 e. The zero-order valence-corrected chi connectivity index (χ0v) is 10.6. The summed E-state index contributed by atoms with van der Waals surface area (Å²) in [6.07, 6.45) is 2.08. The predicted octanol–water partition coefficient (Wildman–Crippen LogP) is 1.88. The lowest BCUT2D eigenvalue weighted by Crippen LogP contribution is -2.30. The third-order valence-electron chi connectivity index (χ3n) is 3.09. The molecule has 0 heterocycles. The van der Waals surface area contributed by atoms with Crippen molar-refractivity contribution in [3.8, 4) is 11.8 Å². The van der Waals surface area contributed by atoms with Crippen molar-refractivity contribution in [2.45, 2.75) is 18.9 Å². The van der Waals surface area contributed by atoms with Crippen LogP contribution in [-0.2, 0) is 0 Å². The molecule has 0 spiro atoms. The molecule has 0 amide bonds. The number of nitrogens with zero attached hydrogens (tertiary/aromatic N) is 1. The van der Waals surface area contributed by atoms with Crippen molar-refractivity contribution < 1.29 is 9.50 Å². The van der Waals surface area contributed by atoms with E-state index in [0.717, 1.165) is 18.4 Å². The molecule has 1 unspecified atom stereocenters. The van der Waals surface area contributed by atoms with E-state index >= 15 is 0 Å². The molecule has 1 aliphatic rings. The maximum absolute atomic E-state index is 12.7. The average molecular weight is 247 g/mol. The Hall–Kier alpha value is -1.37. The van der Waals surface area contributed by atoms with Gasteiger partial charge in [0, 0.05) is 12.1 Å². The summed E-state index contributed by atoms with van der Waals surface area (Å²) in [7, 11) is 1.95. The van der Waals surface area contributed by atoms with Crippen LogP contribution in [0.2, 0.25) is 0 Å². The highest BCUT2D eigenvalue weighted by molar-refractivity contribution is 5.34. The second kappa shape index (κ2) is 5.99. The first-order valence-corrected chi connectivity index (χ1v) is 6.26. The van der Waals surface area contributed by atoms with E-state index in [0.29, 0.717) is 19.0 Å². The molecule has 1 fully saturated rings. The standard InChI is InChI=1S/C15H18FNO/c1-17(11-15(18)13-6-7-13)10-2-3-12-4-8-14(16)9-5-12/h4-5,8-9,13,15,18H,6-7,10-11H2,1H3. The van der Waals surface area contributed by atoms with Crippen LogP contribution in [0.5, 0.6) is 0 Å². The molecule has 0 radical (unpaired) electrons. The van der Waals surface area contributed by atoms with Crippen molar-refractivity contribution in [2.24, 2.45) is 5.92 Å². The molecule has 2 rings (SSSR count). The minimum atomic E-state index is -0.245. The lowest BCUT2D eigenvalue weighted by Gasteiger charge is -2.17. The highest BCUT2D eigenvalue weighted by Gasteiger charge is 2.29. The van der Waals surface area contributed by atoms with Crippen LogP contribution >= 0.6 is 0 Å². The third-order valence-corrected chi connectivity index (χ3v) is 3.09. The summed E-state index contributed by atoms with van der Waals surface area (Å²) in [6.45, 7) is 1.28. The van der Waals surface area contributed by atoms with Crippen LogP contribution in [0.25, 0.3) is 0 Å². The second-order valence-electron chi connectivity index (χ2n) is 4.91. The number of rotatable bonds is 4. The summed E-state index contributed by atoms with van der Waals surface area (Å²) in [5, 5.41) is 9.77. The molecule has 3 heteroatoms. The Labute approximate surface area is 107 Å². The van der Waals surface area contributed by atoms with Gasteiger partial charge in [-0.15, -0.1) is 0 Å². The van der Waals surface area contributed by atoms with Gasteiger partial charge in [-0.3, -0.25) is 4.90 Å². The highest BCUT2D eigenvalue weighted by atomic mass is 19.1. The normalized spacial score (nSPS) is 16.2. The monoisotopic (exact) mass is 247 g/mol. The fourth-order valence-electron chi connectivity index (χ4n) is 1.82. The summed E-state index contributed by atoms with van der Waals surface area (Å²) in [4.78, 5) is 2.01. The van der Waals surface area contributed by atoms with Gasteiger partial charge in [0.25, 0.3) is 0 Å². The van der Waals surface area contributed by atoms with Gasteiger partial charge in [0.05, 0.1) is 12.6 Å². The number of likely N-dealkylation sites (N-methyl/N-ethyl adjacent to an activating group) is 1. The third kappa shape index (κ3) is 4.14. The van der Waals surface area contributed by atoms with E-state index in [1.165, 1.54) is 12.1 Å². The molecule has 0 bridgehead atoms. The molecule has 1 aromatic rings. The zero-order chi connectivity index (χ0) is 13.0. The molecule has 2 nitrogen and oxygen atoms in total. The van der Waals surface area contributed by atoms with E-state index in [2.05, 4.69) is 11.8 Å². The minimum Gasteiger partial charge on any atom is -0.392 e. The SMILES string of the molecule is CN(CC#Cc1ccc(F)cc1)CC(O)C1CC1. The fourth-order valence-corrected chi connectivity index (χ4v) is 1.82. The highest BCUT2D eigenvalue weighted by Crippen LogP contribution is 2.32. The maximum atomic E-state index is 12.7. The number of hydrogen-bond acceptors (Lipinski definition) is 2. The number of aliphatic hydroxyl groups excluding tert-OH is 1. The first-order chi connectivity index (χ1) is 8.65. The van der Waals surface area contributed by atoms with Crippen molar-refractivity contribution in [1.82, 2.24) is 4.90 Å². The van der Waals surface area contributed by atoms with Crippen molar-refractivity contribution >= 4 is 0 Å². The number of hydrogen-bond donors (Lipinski definition) is 1. The first-order valence-electron chi connectivity index (χ1n) is 6.26. The van der Waals surface area contributed by atoms with Crippen molar-refractivity contribution in [3.63, 3.8) is 0 Å². The van der Waals surface area contributed by atoms with Crippen molar-refractivity contribution in [2.75, 3.05) is 20.1 Å². The van der Waals surface area contributed by atoms with Gasteiger partial charge < -0.3 is 5.11 Å². The topological polar surface area (TPSA) is 23.5 Å². The molecule has 0 saturated heterocycles. The summed E-state index contributed by atoms with van der Waals surface area (Å²) in [5.41, 5.74) is 0.813. The molecular weight excluding hydrogens is 229 g/mol. The van der Waals surface area contributed by atoms with Gasteiger partial charge in [-0.2, -0.15) is 0 Å². The van der Waals surface area contributed by atoms with Gasteiger partial charge >= 0.3 is 0 Å². The quantitative estimate of drug-likeness (QED) is 0.821. The van der Waals surface area contributed by atoms with Crippen LogP contribution in [0.15, 0.2) is 24.3 Å². The molecule has 96 valence electrons. The van der Waals surface area contributed by atoms with E-state index in [-0.39, 0.29) is 11.9 Å². The molecule has 18 heavy (non-hydrogen) atoms. The van der Waals surface area contributed by atoms with Crippen LogP contribution in [0, 0.1) is 23.6 Å². The van der Waals surface area contributed by atoms with Gasteiger partial charge in [-0.25, -0.2) is 4.39 Å². The van der Waals surface area contributed by atoms with Crippen molar-refractivity contribution in [1.29, 1.82) is 0 Å². The average Bonchev–Trinajstić information content (AvgIpc) is 3.15. The Balaban J connectivity index is 1.78. The first kappa shape index (κ1) is 13.1. The van der Waals surface area contributed by atoms with Gasteiger partial charge in [0.1, 0.15) is 5.82 Å². The number of aliphatic hydroxyl groups is 1. The smallest absolute Gasteiger partial charge is 0.123 e. The molecule has 1 atom stereocenters. The molecule has 1 N–H and O–H groups in total. The molecule has 0 aliphatic heterocycles. The van der Waals surface area contributed by atoms with Crippen LogP contribution in [0.1, 0.15) is 18.4 Å². The summed E-state index contributed by atoms with van der Waals surface area (Å²) < 4.78 is 12.7. The van der Waals surface area contributed by atoms with E-state index in [9.17, 15) is 9.50 Å². The number of halogens is 1. The van der Waals surface area contributed by atoms with Crippen LogP contribution in [-0.4, -0.2) is 36.2 Å². The largest absolute Gasteiger partial charge is 0.392 e. The Kier molecular flexibility index (Phi) is 4.35. The summed E-state index contributed by atoms with van der Waals surface area (Å²) >= 11 is 0. The number of benzene rings is 1. The van der Waals surface area contributed by atoms with Gasteiger partial charge in [-0.05, 0) is 50.1 Å². The van der Waals surface area contributed by atoms with Crippen LogP contribution in [0.4, 0.5) is 4.39 Å². The summed E-state index contributed by atoms with van der Waals surface area (Å²) in [6, 6.07) is 6.15. The van der Waals surface area contributed by atoms with E-state index in [1.54, 1.807) is 12.1 Å². The Morgan fingerprint density at radius 3 is 2.67 bits per heavy atom. The molecule has 1 saturated carbocycles. The second-order valence-corrected chi connectivity index (χ2v) is 4.91. The van der Waals surface area contributed by atoms with Gasteiger partial charge in [0.15, 0.2) is 0 Å². The lowest BCUT2D eigenvalue weighted by atomic mass is 10.2.